The summed E-state index contributed by atoms with van der Waals surface area (Å²) in [7, 11) is 0. The van der Waals surface area contributed by atoms with Gasteiger partial charge in [-0.15, -0.1) is 12.4 Å². The molecule has 2 aromatic carbocycles. The second-order valence-electron chi connectivity index (χ2n) is 7.52. The van der Waals surface area contributed by atoms with Gasteiger partial charge >= 0.3 is 5.69 Å². The molecule has 3 aromatic rings. The fraction of sp³-hybridized carbons (Fsp3) is 0.318. The minimum absolute atomic E-state index is 0. The van der Waals surface area contributed by atoms with Crippen molar-refractivity contribution in [2.45, 2.75) is 19.4 Å². The third kappa shape index (κ3) is 4.68. The lowest BCUT2D eigenvalue weighted by molar-refractivity contribution is 0.0962. The highest BCUT2D eigenvalue weighted by Gasteiger charge is 2.25. The number of H-pyrrole nitrogens is 1. The molecule has 0 radical (unpaired) electrons. The number of aromatic amines is 1. The lowest BCUT2D eigenvalue weighted by Crippen LogP contribution is -2.38. The Kier molecular flexibility index (Phi) is 6.84. The van der Waals surface area contributed by atoms with Gasteiger partial charge < -0.3 is 9.88 Å². The van der Waals surface area contributed by atoms with Crippen LogP contribution in [0.25, 0.3) is 10.9 Å². The molecule has 0 amide bonds. The molecule has 1 N–H and O–H groups in total. The van der Waals surface area contributed by atoms with Crippen molar-refractivity contribution in [1.29, 1.82) is 0 Å². The smallest absolute Gasteiger partial charge is 0.307 e. The van der Waals surface area contributed by atoms with Crippen molar-refractivity contribution in [1.82, 2.24) is 14.5 Å². The summed E-state index contributed by atoms with van der Waals surface area (Å²) in [5.41, 5.74) is 0.376. The first-order valence-corrected chi connectivity index (χ1v) is 9.74. The van der Waals surface area contributed by atoms with Gasteiger partial charge in [0.25, 0.3) is 5.56 Å². The molecule has 1 fully saturated rings. The van der Waals surface area contributed by atoms with Crippen molar-refractivity contribution in [3.63, 3.8) is 0 Å². The second kappa shape index (κ2) is 9.36. The van der Waals surface area contributed by atoms with E-state index in [1.54, 1.807) is 24.3 Å². The van der Waals surface area contributed by atoms with Gasteiger partial charge in [0.05, 0.1) is 10.9 Å². The summed E-state index contributed by atoms with van der Waals surface area (Å²) in [6.45, 7) is 2.44. The summed E-state index contributed by atoms with van der Waals surface area (Å²) in [5.74, 6) is -0.120. The molecule has 0 spiro atoms. The summed E-state index contributed by atoms with van der Waals surface area (Å²) < 4.78 is 14.2. The molecule has 0 bridgehead atoms. The van der Waals surface area contributed by atoms with Gasteiger partial charge in [-0.05, 0) is 55.3 Å². The van der Waals surface area contributed by atoms with E-state index in [0.717, 1.165) is 19.5 Å². The van der Waals surface area contributed by atoms with E-state index in [4.69, 9.17) is 0 Å². The number of fused-ring (bicyclic) bond motifs is 1. The van der Waals surface area contributed by atoms with Crippen molar-refractivity contribution in [2.24, 2.45) is 5.92 Å². The highest BCUT2D eigenvalue weighted by atomic mass is 35.5. The van der Waals surface area contributed by atoms with Crippen molar-refractivity contribution in [3.8, 4) is 0 Å². The van der Waals surface area contributed by atoms with Gasteiger partial charge in [0, 0.05) is 31.6 Å². The number of ketones is 1. The monoisotopic (exact) mass is 431 g/mol. The van der Waals surface area contributed by atoms with Crippen LogP contribution in [-0.2, 0) is 6.54 Å². The zero-order valence-electron chi connectivity index (χ0n) is 16.3. The van der Waals surface area contributed by atoms with Crippen molar-refractivity contribution in [2.75, 3.05) is 19.6 Å². The van der Waals surface area contributed by atoms with Crippen LogP contribution in [-0.4, -0.2) is 39.9 Å². The quantitative estimate of drug-likeness (QED) is 0.609. The fourth-order valence-corrected chi connectivity index (χ4v) is 3.94. The average molecular weight is 432 g/mol. The number of hydrogen-bond donors (Lipinski definition) is 1. The maximum Gasteiger partial charge on any atom is 0.328 e. The van der Waals surface area contributed by atoms with Crippen LogP contribution in [0.4, 0.5) is 4.39 Å². The molecule has 8 heteroatoms. The predicted octanol–water partition coefficient (Wildman–Crippen LogP) is 2.85. The first-order valence-electron chi connectivity index (χ1n) is 9.74. The zero-order valence-corrected chi connectivity index (χ0v) is 17.2. The number of carbonyl (C=O) groups excluding carboxylic acids is 1. The van der Waals surface area contributed by atoms with Crippen LogP contribution in [0.1, 0.15) is 23.2 Å². The van der Waals surface area contributed by atoms with Crippen LogP contribution >= 0.6 is 12.4 Å². The SMILES string of the molecule is Cl.O=C(CC1CCN(CCn2c(=O)[nH]c3ccccc3c2=O)C1)c1ccc(F)cc1. The first kappa shape index (κ1) is 21.9. The molecular weight excluding hydrogens is 409 g/mol. The number of halogens is 2. The standard InChI is InChI=1S/C22H22FN3O3.ClH/c23-17-7-5-16(6-8-17)20(27)13-15-9-10-25(14-15)11-12-26-21(28)18-3-1-2-4-19(18)24-22(26)29;/h1-8,15H,9-14H2,(H,24,29);1H. The number of nitrogens with one attached hydrogen (secondary N) is 1. The van der Waals surface area contributed by atoms with Crippen LogP contribution < -0.4 is 11.2 Å². The number of aromatic nitrogens is 2. The van der Waals surface area contributed by atoms with E-state index in [0.29, 0.717) is 36.0 Å². The Bertz CT molecular complexity index is 1160. The third-order valence-electron chi connectivity index (χ3n) is 5.54. The molecule has 0 aliphatic carbocycles. The van der Waals surface area contributed by atoms with E-state index in [1.807, 2.05) is 0 Å². The van der Waals surface area contributed by atoms with Gasteiger partial charge in [-0.2, -0.15) is 0 Å². The van der Waals surface area contributed by atoms with E-state index < -0.39 is 5.69 Å². The number of carbonyl (C=O) groups is 1. The third-order valence-corrected chi connectivity index (χ3v) is 5.54. The summed E-state index contributed by atoms with van der Waals surface area (Å²) in [6.07, 6.45) is 1.30. The van der Waals surface area contributed by atoms with Gasteiger partial charge in [-0.25, -0.2) is 9.18 Å². The Hall–Kier alpha value is -2.77. The van der Waals surface area contributed by atoms with E-state index in [-0.39, 0.29) is 35.5 Å². The topological polar surface area (TPSA) is 75.2 Å². The van der Waals surface area contributed by atoms with Gasteiger partial charge in [-0.3, -0.25) is 14.2 Å². The first-order chi connectivity index (χ1) is 14.0. The molecule has 1 aromatic heterocycles. The highest BCUT2D eigenvalue weighted by Crippen LogP contribution is 2.21. The maximum absolute atomic E-state index is 13.0. The summed E-state index contributed by atoms with van der Waals surface area (Å²) in [6, 6.07) is 12.6. The van der Waals surface area contributed by atoms with Crippen LogP contribution in [0.3, 0.4) is 0 Å². The van der Waals surface area contributed by atoms with Crippen LogP contribution in [0.15, 0.2) is 58.1 Å². The van der Waals surface area contributed by atoms with Crippen molar-refractivity contribution >= 4 is 29.1 Å². The van der Waals surface area contributed by atoms with Gasteiger partial charge in [-0.1, -0.05) is 12.1 Å². The largest absolute Gasteiger partial charge is 0.328 e. The second-order valence-corrected chi connectivity index (χ2v) is 7.52. The molecule has 2 heterocycles. The Morgan fingerprint density at radius 1 is 1.07 bits per heavy atom. The number of rotatable bonds is 6. The van der Waals surface area contributed by atoms with E-state index in [2.05, 4.69) is 9.88 Å². The van der Waals surface area contributed by atoms with Gasteiger partial charge in [0.2, 0.25) is 0 Å². The van der Waals surface area contributed by atoms with Crippen LogP contribution in [0.2, 0.25) is 0 Å². The predicted molar refractivity (Wildman–Crippen MR) is 116 cm³/mol. The number of para-hydroxylation sites is 1. The van der Waals surface area contributed by atoms with Gasteiger partial charge in [0.1, 0.15) is 5.82 Å². The molecule has 0 saturated carbocycles. The fourth-order valence-electron chi connectivity index (χ4n) is 3.94. The Morgan fingerprint density at radius 3 is 2.57 bits per heavy atom. The zero-order chi connectivity index (χ0) is 20.4. The molecule has 1 atom stereocenters. The molecular formula is C22H23ClFN3O3. The number of benzene rings is 2. The van der Waals surface area contributed by atoms with Gasteiger partial charge in [0.15, 0.2) is 5.78 Å². The highest BCUT2D eigenvalue weighted by molar-refractivity contribution is 5.96. The average Bonchev–Trinajstić information content (AvgIpc) is 3.15. The molecule has 1 unspecified atom stereocenters. The van der Waals surface area contributed by atoms with Crippen LogP contribution in [0.5, 0.6) is 0 Å². The molecule has 30 heavy (non-hydrogen) atoms. The summed E-state index contributed by atoms with van der Waals surface area (Å²) in [5, 5.41) is 0.497. The Balaban J connectivity index is 0.00000256. The maximum atomic E-state index is 13.0. The van der Waals surface area contributed by atoms with E-state index >= 15 is 0 Å². The normalized spacial score (nSPS) is 16.5. The molecule has 1 aliphatic heterocycles. The lowest BCUT2D eigenvalue weighted by Gasteiger charge is -2.16. The Labute approximate surface area is 178 Å². The van der Waals surface area contributed by atoms with E-state index in [1.165, 1.54) is 28.8 Å². The summed E-state index contributed by atoms with van der Waals surface area (Å²) in [4.78, 5) is 42.2. The number of nitrogens with zero attached hydrogens (tertiary/aromatic N) is 2. The van der Waals surface area contributed by atoms with Crippen LogP contribution in [0, 0.1) is 11.7 Å². The molecule has 1 aliphatic rings. The number of likely N-dealkylation sites (tertiary alicyclic amines) is 1. The molecule has 1 saturated heterocycles. The molecule has 4 rings (SSSR count). The minimum atomic E-state index is -0.407. The van der Waals surface area contributed by atoms with E-state index in [9.17, 15) is 18.8 Å². The number of hydrogen-bond acceptors (Lipinski definition) is 4. The number of Topliss-reactive ketones (excluding diaryl/α,β-unsaturated/α-hetero) is 1. The Morgan fingerprint density at radius 2 is 1.80 bits per heavy atom. The summed E-state index contributed by atoms with van der Waals surface area (Å²) >= 11 is 0. The molecule has 158 valence electrons. The minimum Gasteiger partial charge on any atom is -0.307 e. The lowest BCUT2D eigenvalue weighted by atomic mass is 9.98. The van der Waals surface area contributed by atoms with Crippen molar-refractivity contribution < 1.29 is 9.18 Å². The molecule has 6 nitrogen and oxygen atoms in total. The van der Waals surface area contributed by atoms with Crippen molar-refractivity contribution in [3.05, 3.63) is 80.7 Å².